The smallest absolute Gasteiger partial charge is 0.454 e. The van der Waals surface area contributed by atoms with Crippen molar-refractivity contribution in [2.24, 2.45) is 0 Å². The molecule has 0 aliphatic rings. The second-order valence-corrected chi connectivity index (χ2v) is 4.58. The first kappa shape index (κ1) is 17.5. The summed E-state index contributed by atoms with van der Waals surface area (Å²) in [7, 11) is 0. The summed E-state index contributed by atoms with van der Waals surface area (Å²) in [5.41, 5.74) is 0.120. The molecule has 2 aromatic rings. The van der Waals surface area contributed by atoms with Crippen LogP contribution in [0.2, 0.25) is 0 Å². The molecule has 4 nitrogen and oxygen atoms in total. The van der Waals surface area contributed by atoms with Crippen molar-refractivity contribution in [2.45, 2.75) is 6.36 Å². The summed E-state index contributed by atoms with van der Waals surface area (Å²) < 4.78 is 57.2. The first-order valence-corrected chi connectivity index (χ1v) is 6.56. The third-order valence-electron chi connectivity index (χ3n) is 2.82. The third kappa shape index (κ3) is 5.08. The van der Waals surface area contributed by atoms with Gasteiger partial charge in [0.05, 0.1) is 5.56 Å². The molecule has 2 aromatic carbocycles. The SMILES string of the molecule is O=C(COC(=O)c1ccc(OC(F)(F)F)cc1)c1ccc(F)cc1. The highest BCUT2D eigenvalue weighted by atomic mass is 19.4. The summed E-state index contributed by atoms with van der Waals surface area (Å²) in [4.78, 5) is 23.5. The lowest BCUT2D eigenvalue weighted by molar-refractivity contribution is -0.274. The fraction of sp³-hybridized carbons (Fsp3) is 0.125. The second kappa shape index (κ2) is 7.12. The van der Waals surface area contributed by atoms with Crippen molar-refractivity contribution in [1.82, 2.24) is 0 Å². The summed E-state index contributed by atoms with van der Waals surface area (Å²) in [5.74, 6) is -2.42. The van der Waals surface area contributed by atoms with Gasteiger partial charge in [0.1, 0.15) is 11.6 Å². The van der Waals surface area contributed by atoms with Crippen LogP contribution >= 0.6 is 0 Å². The number of carbonyl (C=O) groups excluding carboxylic acids is 2. The predicted octanol–water partition coefficient (Wildman–Crippen LogP) is 3.76. The highest BCUT2D eigenvalue weighted by Gasteiger charge is 2.31. The molecule has 0 amide bonds. The van der Waals surface area contributed by atoms with E-state index in [0.29, 0.717) is 0 Å². The lowest BCUT2D eigenvalue weighted by Crippen LogP contribution is -2.17. The number of benzene rings is 2. The molecule has 0 aliphatic carbocycles. The van der Waals surface area contributed by atoms with Gasteiger partial charge in [0.25, 0.3) is 0 Å². The normalized spacial score (nSPS) is 11.0. The monoisotopic (exact) mass is 342 g/mol. The van der Waals surface area contributed by atoms with Gasteiger partial charge in [0, 0.05) is 5.56 Å². The van der Waals surface area contributed by atoms with Crippen molar-refractivity contribution in [3.8, 4) is 5.75 Å². The summed E-state index contributed by atoms with van der Waals surface area (Å²) in [6.45, 7) is -0.578. The number of Topliss-reactive ketones (excluding diaryl/α,β-unsaturated/α-hetero) is 1. The van der Waals surface area contributed by atoms with E-state index in [2.05, 4.69) is 4.74 Å². The zero-order chi connectivity index (χ0) is 17.7. The van der Waals surface area contributed by atoms with Crippen molar-refractivity contribution in [3.63, 3.8) is 0 Å². The van der Waals surface area contributed by atoms with Crippen LogP contribution in [0.4, 0.5) is 17.6 Å². The van der Waals surface area contributed by atoms with E-state index in [1.807, 2.05) is 0 Å². The van der Waals surface area contributed by atoms with Gasteiger partial charge in [-0.1, -0.05) is 0 Å². The van der Waals surface area contributed by atoms with E-state index in [1.165, 1.54) is 12.1 Å². The molecule has 0 bridgehead atoms. The van der Waals surface area contributed by atoms with E-state index in [4.69, 9.17) is 4.74 Å². The number of hydrogen-bond acceptors (Lipinski definition) is 4. The van der Waals surface area contributed by atoms with Crippen LogP contribution in [0.5, 0.6) is 5.75 Å². The molecular weight excluding hydrogens is 332 g/mol. The molecule has 2 rings (SSSR count). The number of ether oxygens (including phenoxy) is 2. The largest absolute Gasteiger partial charge is 0.573 e. The van der Waals surface area contributed by atoms with E-state index < -0.39 is 36.3 Å². The van der Waals surface area contributed by atoms with Crippen molar-refractivity contribution < 1.29 is 36.6 Å². The molecule has 0 saturated heterocycles. The Morgan fingerprint density at radius 3 is 1.96 bits per heavy atom. The summed E-state index contributed by atoms with van der Waals surface area (Å²) >= 11 is 0. The Kier molecular flexibility index (Phi) is 5.18. The summed E-state index contributed by atoms with van der Waals surface area (Å²) in [5, 5.41) is 0. The third-order valence-corrected chi connectivity index (χ3v) is 2.82. The molecule has 24 heavy (non-hydrogen) atoms. The minimum Gasteiger partial charge on any atom is -0.454 e. The summed E-state index contributed by atoms with van der Waals surface area (Å²) in [6.07, 6.45) is -4.83. The average Bonchev–Trinajstić information content (AvgIpc) is 2.52. The van der Waals surface area contributed by atoms with Gasteiger partial charge >= 0.3 is 12.3 Å². The standard InChI is InChI=1S/C16H10F4O4/c17-12-5-1-10(2-6-12)14(21)9-23-15(22)11-3-7-13(8-4-11)24-16(18,19)20/h1-8H,9H2. The Morgan fingerprint density at radius 1 is 0.875 bits per heavy atom. The number of alkyl halides is 3. The zero-order valence-corrected chi connectivity index (χ0v) is 12.0. The Balaban J connectivity index is 1.92. The van der Waals surface area contributed by atoms with Crippen LogP contribution in [0, 0.1) is 5.82 Å². The first-order valence-electron chi connectivity index (χ1n) is 6.56. The fourth-order valence-electron chi connectivity index (χ4n) is 1.73. The van der Waals surface area contributed by atoms with Crippen LogP contribution in [0.1, 0.15) is 20.7 Å². The summed E-state index contributed by atoms with van der Waals surface area (Å²) in [6, 6.07) is 8.72. The topological polar surface area (TPSA) is 52.6 Å². The van der Waals surface area contributed by atoms with E-state index in [-0.39, 0.29) is 11.1 Å². The van der Waals surface area contributed by atoms with Gasteiger partial charge < -0.3 is 9.47 Å². The molecule has 0 saturated carbocycles. The molecule has 0 heterocycles. The molecule has 0 radical (unpaired) electrons. The number of rotatable bonds is 5. The van der Waals surface area contributed by atoms with Crippen molar-refractivity contribution in [1.29, 1.82) is 0 Å². The molecule has 8 heteroatoms. The maximum atomic E-state index is 12.7. The predicted molar refractivity (Wildman–Crippen MR) is 74.1 cm³/mol. The second-order valence-electron chi connectivity index (χ2n) is 4.58. The number of hydrogen-bond donors (Lipinski definition) is 0. The van der Waals surface area contributed by atoms with Gasteiger partial charge in [-0.25, -0.2) is 9.18 Å². The lowest BCUT2D eigenvalue weighted by Gasteiger charge is -2.09. The Labute approximate surface area is 133 Å². The van der Waals surface area contributed by atoms with Crippen molar-refractivity contribution >= 4 is 11.8 Å². The van der Waals surface area contributed by atoms with Crippen LogP contribution < -0.4 is 4.74 Å². The number of ketones is 1. The van der Waals surface area contributed by atoms with Gasteiger partial charge in [-0.3, -0.25) is 4.79 Å². The lowest BCUT2D eigenvalue weighted by atomic mass is 10.1. The molecule has 126 valence electrons. The first-order chi connectivity index (χ1) is 11.2. The Morgan fingerprint density at radius 2 is 1.42 bits per heavy atom. The number of carbonyl (C=O) groups is 2. The molecule has 0 aromatic heterocycles. The highest BCUT2D eigenvalue weighted by Crippen LogP contribution is 2.22. The number of esters is 1. The van der Waals surface area contributed by atoms with Crippen LogP contribution in [-0.2, 0) is 4.74 Å². The van der Waals surface area contributed by atoms with Gasteiger partial charge in [-0.2, -0.15) is 0 Å². The van der Waals surface area contributed by atoms with E-state index in [1.54, 1.807) is 0 Å². The van der Waals surface area contributed by atoms with E-state index in [0.717, 1.165) is 36.4 Å². The molecular formula is C16H10F4O4. The minimum atomic E-state index is -4.83. The van der Waals surface area contributed by atoms with Crippen molar-refractivity contribution in [2.75, 3.05) is 6.61 Å². The van der Waals surface area contributed by atoms with Crippen molar-refractivity contribution in [3.05, 3.63) is 65.5 Å². The van der Waals surface area contributed by atoms with Gasteiger partial charge in [-0.15, -0.1) is 13.2 Å². The molecule has 0 N–H and O–H groups in total. The molecule has 0 unspecified atom stereocenters. The van der Waals surface area contributed by atoms with Gasteiger partial charge in [0.15, 0.2) is 12.4 Å². The zero-order valence-electron chi connectivity index (χ0n) is 12.0. The van der Waals surface area contributed by atoms with Gasteiger partial charge in [-0.05, 0) is 48.5 Å². The van der Waals surface area contributed by atoms with Gasteiger partial charge in [0.2, 0.25) is 0 Å². The quantitative estimate of drug-likeness (QED) is 0.472. The minimum absolute atomic E-state index is 0.0450. The van der Waals surface area contributed by atoms with Crippen LogP contribution in [-0.4, -0.2) is 24.7 Å². The van der Waals surface area contributed by atoms with E-state index in [9.17, 15) is 27.2 Å². The molecule has 0 spiro atoms. The van der Waals surface area contributed by atoms with Crippen LogP contribution in [0.3, 0.4) is 0 Å². The van der Waals surface area contributed by atoms with Crippen LogP contribution in [0.15, 0.2) is 48.5 Å². The Bertz CT molecular complexity index is 721. The fourth-order valence-corrected chi connectivity index (χ4v) is 1.73. The van der Waals surface area contributed by atoms with E-state index >= 15 is 0 Å². The number of halogens is 4. The molecule has 0 aliphatic heterocycles. The van der Waals surface area contributed by atoms with Crippen LogP contribution in [0.25, 0.3) is 0 Å². The maximum Gasteiger partial charge on any atom is 0.573 e. The molecule has 0 atom stereocenters. The Hall–Kier alpha value is -2.90. The molecule has 0 fully saturated rings. The highest BCUT2D eigenvalue weighted by molar-refractivity contribution is 5.99. The maximum absolute atomic E-state index is 12.7. The average molecular weight is 342 g/mol.